The summed E-state index contributed by atoms with van der Waals surface area (Å²) < 4.78 is 4.88. The number of Topliss-reactive ketones (excluding diaryl/α,β-unsaturated/α-hetero) is 1. The molecule has 0 aromatic rings. The maximum atomic E-state index is 12.9. The molecule has 3 saturated carbocycles. The largest absolute Gasteiger partial charge is 0.458 e. The van der Waals surface area contributed by atoms with Gasteiger partial charge in [0.1, 0.15) is 5.60 Å². The lowest BCUT2D eigenvalue weighted by Crippen LogP contribution is -2.59. The van der Waals surface area contributed by atoms with Crippen molar-refractivity contribution < 1.29 is 29.3 Å². The van der Waals surface area contributed by atoms with Gasteiger partial charge in [0.05, 0.1) is 6.10 Å². The molecule has 3 aliphatic rings. The molecule has 0 saturated heterocycles. The SMILES string of the molecule is CC/C=C\C(=O)/C=C1\CC2C(C[C@@H]1C)C1CC[C@](O)(C(=O)COC(C)=O)[C@@]1(C)C[C@@H]2O. The predicted molar refractivity (Wildman–Crippen MR) is 116 cm³/mol. The Morgan fingerprint density at radius 1 is 1.26 bits per heavy atom. The molecule has 2 N–H and O–H groups in total. The molecule has 0 bridgehead atoms. The summed E-state index contributed by atoms with van der Waals surface area (Å²) in [5.41, 5.74) is -1.28. The van der Waals surface area contributed by atoms with E-state index in [9.17, 15) is 24.6 Å². The Bertz CT molecular complexity index is 798. The molecule has 0 heterocycles. The van der Waals surface area contributed by atoms with Crippen LogP contribution in [0.15, 0.2) is 23.8 Å². The summed E-state index contributed by atoms with van der Waals surface area (Å²) in [7, 11) is 0. The number of aliphatic hydroxyl groups is 2. The van der Waals surface area contributed by atoms with Gasteiger partial charge in [0, 0.05) is 12.3 Å². The molecule has 7 atom stereocenters. The molecule has 0 amide bonds. The molecule has 6 nitrogen and oxygen atoms in total. The zero-order chi connectivity index (χ0) is 23.0. The van der Waals surface area contributed by atoms with E-state index < -0.39 is 35.5 Å². The molecule has 172 valence electrons. The standard InChI is InChI=1S/C25H36O6/c1-5-6-7-18(27)11-17-12-20-19(10-15(17)2)21-8-9-25(30,23(29)14-31-16(3)26)24(21,4)13-22(20)28/h6-7,11,15,19-22,28,30H,5,8-10,12-14H2,1-4H3/b7-6-,17-11+/t15-,19?,20?,21?,22-,24-,25-/m0/s1. The van der Waals surface area contributed by atoms with Gasteiger partial charge < -0.3 is 14.9 Å². The van der Waals surface area contributed by atoms with Gasteiger partial charge in [-0.05, 0) is 74.3 Å². The third-order valence-corrected chi connectivity index (χ3v) is 8.22. The first-order valence-electron chi connectivity index (χ1n) is 11.5. The first-order valence-corrected chi connectivity index (χ1v) is 11.5. The number of hydrogen-bond acceptors (Lipinski definition) is 6. The summed E-state index contributed by atoms with van der Waals surface area (Å²) in [5.74, 6) is -0.525. The molecule has 0 radical (unpaired) electrons. The second kappa shape index (κ2) is 8.99. The zero-order valence-corrected chi connectivity index (χ0v) is 19.1. The average Bonchev–Trinajstić information content (AvgIpc) is 2.97. The molecule has 3 rings (SSSR count). The lowest BCUT2D eigenvalue weighted by Gasteiger charge is -2.55. The highest BCUT2D eigenvalue weighted by atomic mass is 16.5. The minimum absolute atomic E-state index is 0.0106. The van der Waals surface area contributed by atoms with Gasteiger partial charge in [0.2, 0.25) is 5.78 Å². The molecule has 0 spiro atoms. The molecule has 0 aliphatic heterocycles. The Balaban J connectivity index is 1.82. The van der Waals surface area contributed by atoms with E-state index in [1.54, 1.807) is 12.2 Å². The molecule has 6 heteroatoms. The van der Waals surface area contributed by atoms with Gasteiger partial charge in [-0.15, -0.1) is 0 Å². The topological polar surface area (TPSA) is 101 Å². The van der Waals surface area contributed by atoms with Crippen molar-refractivity contribution in [1.82, 2.24) is 0 Å². The monoisotopic (exact) mass is 432 g/mol. The van der Waals surface area contributed by atoms with Crippen molar-refractivity contribution in [3.8, 4) is 0 Å². The maximum Gasteiger partial charge on any atom is 0.303 e. The van der Waals surface area contributed by atoms with Crippen molar-refractivity contribution in [1.29, 1.82) is 0 Å². The molecule has 0 aromatic carbocycles. The molecule has 31 heavy (non-hydrogen) atoms. The molecule has 3 fully saturated rings. The third-order valence-electron chi connectivity index (χ3n) is 8.22. The zero-order valence-electron chi connectivity index (χ0n) is 19.1. The van der Waals surface area contributed by atoms with Crippen molar-refractivity contribution in [2.75, 3.05) is 6.61 Å². The Kier molecular flexibility index (Phi) is 6.92. The highest BCUT2D eigenvalue weighted by Gasteiger charge is 2.66. The number of ketones is 2. The third kappa shape index (κ3) is 4.29. The Labute approximate surface area is 184 Å². The quantitative estimate of drug-likeness (QED) is 0.494. The Morgan fingerprint density at radius 3 is 2.61 bits per heavy atom. The number of aliphatic hydroxyl groups excluding tert-OH is 1. The van der Waals surface area contributed by atoms with Gasteiger partial charge in [-0.25, -0.2) is 0 Å². The van der Waals surface area contributed by atoms with Crippen LogP contribution in [0.1, 0.15) is 66.2 Å². The number of carbonyl (C=O) groups excluding carboxylic acids is 3. The second-order valence-corrected chi connectivity index (χ2v) is 10.00. The van der Waals surface area contributed by atoms with E-state index in [0.29, 0.717) is 25.7 Å². The van der Waals surface area contributed by atoms with Gasteiger partial charge in [-0.2, -0.15) is 0 Å². The summed E-state index contributed by atoms with van der Waals surface area (Å²) in [5, 5.41) is 22.5. The van der Waals surface area contributed by atoms with E-state index in [1.165, 1.54) is 6.92 Å². The Hall–Kier alpha value is -1.79. The van der Waals surface area contributed by atoms with Crippen LogP contribution in [-0.2, 0) is 19.1 Å². The summed E-state index contributed by atoms with van der Waals surface area (Å²) >= 11 is 0. The first kappa shape index (κ1) is 23.9. The molecule has 3 unspecified atom stereocenters. The van der Waals surface area contributed by atoms with Crippen LogP contribution in [0.4, 0.5) is 0 Å². The van der Waals surface area contributed by atoms with E-state index in [-0.39, 0.29) is 29.5 Å². The lowest BCUT2D eigenvalue weighted by molar-refractivity contribution is -0.176. The molecular formula is C25H36O6. The fourth-order valence-electron chi connectivity index (χ4n) is 6.52. The van der Waals surface area contributed by atoms with Crippen LogP contribution in [0.2, 0.25) is 0 Å². The van der Waals surface area contributed by atoms with Gasteiger partial charge in [-0.1, -0.05) is 32.4 Å². The van der Waals surface area contributed by atoms with E-state index in [4.69, 9.17) is 4.74 Å². The average molecular weight is 433 g/mol. The van der Waals surface area contributed by atoms with Gasteiger partial charge >= 0.3 is 5.97 Å². The van der Waals surface area contributed by atoms with Crippen molar-refractivity contribution in [2.45, 2.75) is 77.9 Å². The Morgan fingerprint density at radius 2 is 1.97 bits per heavy atom. The predicted octanol–water partition coefficient (Wildman–Crippen LogP) is 3.15. The van der Waals surface area contributed by atoms with Crippen molar-refractivity contribution in [2.24, 2.45) is 29.1 Å². The number of hydrogen-bond donors (Lipinski definition) is 2. The van der Waals surface area contributed by atoms with Gasteiger partial charge in [-0.3, -0.25) is 14.4 Å². The van der Waals surface area contributed by atoms with Crippen LogP contribution in [0.25, 0.3) is 0 Å². The summed E-state index contributed by atoms with van der Waals surface area (Å²) in [6, 6.07) is 0. The van der Waals surface area contributed by atoms with Crippen molar-refractivity contribution in [3.63, 3.8) is 0 Å². The van der Waals surface area contributed by atoms with E-state index in [2.05, 4.69) is 6.92 Å². The van der Waals surface area contributed by atoms with Crippen LogP contribution < -0.4 is 0 Å². The van der Waals surface area contributed by atoms with Crippen molar-refractivity contribution >= 4 is 17.5 Å². The summed E-state index contributed by atoms with van der Waals surface area (Å²) in [6.07, 6.45) is 8.18. The van der Waals surface area contributed by atoms with E-state index >= 15 is 0 Å². The van der Waals surface area contributed by atoms with Crippen molar-refractivity contribution in [3.05, 3.63) is 23.8 Å². The maximum absolute atomic E-state index is 12.9. The molecule has 3 aliphatic carbocycles. The van der Waals surface area contributed by atoms with Gasteiger partial charge in [0.15, 0.2) is 12.4 Å². The summed E-state index contributed by atoms with van der Waals surface area (Å²) in [6.45, 7) is 6.81. The molecular weight excluding hydrogens is 396 g/mol. The van der Waals surface area contributed by atoms with Crippen LogP contribution in [0.3, 0.4) is 0 Å². The van der Waals surface area contributed by atoms with E-state index in [1.807, 2.05) is 19.9 Å². The number of fused-ring (bicyclic) bond motifs is 3. The number of esters is 1. The highest BCUT2D eigenvalue weighted by molar-refractivity contribution is 5.99. The van der Waals surface area contributed by atoms with Crippen LogP contribution in [0, 0.1) is 29.1 Å². The van der Waals surface area contributed by atoms with Gasteiger partial charge in [0.25, 0.3) is 0 Å². The first-order chi connectivity index (χ1) is 14.5. The lowest BCUT2D eigenvalue weighted by atomic mass is 9.51. The highest BCUT2D eigenvalue weighted by Crippen LogP contribution is 2.64. The normalized spacial score (nSPS) is 41.1. The van der Waals surface area contributed by atoms with Crippen LogP contribution in [-0.4, -0.2) is 46.1 Å². The number of carbonyl (C=O) groups is 3. The number of ether oxygens (including phenoxy) is 1. The number of allylic oxidation sites excluding steroid dienone is 4. The number of rotatable bonds is 6. The summed E-state index contributed by atoms with van der Waals surface area (Å²) in [4.78, 5) is 36.2. The minimum Gasteiger partial charge on any atom is -0.458 e. The van der Waals surface area contributed by atoms with Crippen LogP contribution >= 0.6 is 0 Å². The van der Waals surface area contributed by atoms with E-state index in [0.717, 1.165) is 18.4 Å². The fraction of sp³-hybridized carbons (Fsp3) is 0.720. The molecule has 0 aromatic heterocycles. The smallest absolute Gasteiger partial charge is 0.303 e. The minimum atomic E-state index is -1.60. The van der Waals surface area contributed by atoms with Crippen LogP contribution in [0.5, 0.6) is 0 Å². The second-order valence-electron chi connectivity index (χ2n) is 10.00. The fourth-order valence-corrected chi connectivity index (χ4v) is 6.52.